The Balaban J connectivity index is 1.14. The smallest absolute Gasteiger partial charge is 0.290 e. The van der Waals surface area contributed by atoms with Crippen LogP contribution >= 0.6 is 22.9 Å². The van der Waals surface area contributed by atoms with Crippen molar-refractivity contribution in [3.05, 3.63) is 75.3 Å². The van der Waals surface area contributed by atoms with Crippen molar-refractivity contribution in [2.45, 2.75) is 38.2 Å². The molecule has 2 aromatic carbocycles. The zero-order valence-corrected chi connectivity index (χ0v) is 22.9. The van der Waals surface area contributed by atoms with Gasteiger partial charge in [0.05, 0.1) is 15.5 Å². The molecular weight excluding hydrogens is 540 g/mol. The number of aromatic nitrogens is 3. The summed E-state index contributed by atoms with van der Waals surface area (Å²) < 4.78 is 5.96. The van der Waals surface area contributed by atoms with Crippen LogP contribution < -0.4 is 15.6 Å². The van der Waals surface area contributed by atoms with Crippen molar-refractivity contribution >= 4 is 51.6 Å². The number of carbonyl (C=O) groups is 3. The van der Waals surface area contributed by atoms with Crippen LogP contribution in [-0.4, -0.2) is 56.5 Å². The minimum Gasteiger partial charge on any atom is -0.476 e. The summed E-state index contributed by atoms with van der Waals surface area (Å²) in [6.45, 7) is 4.58. The summed E-state index contributed by atoms with van der Waals surface area (Å²) in [4.78, 5) is 44.6. The Morgan fingerprint density at radius 3 is 2.51 bits per heavy atom. The van der Waals surface area contributed by atoms with Crippen LogP contribution in [0.4, 0.5) is 0 Å². The van der Waals surface area contributed by atoms with Crippen LogP contribution in [0.15, 0.2) is 53.9 Å². The molecule has 39 heavy (non-hydrogen) atoms. The highest BCUT2D eigenvalue weighted by Crippen LogP contribution is 2.33. The molecule has 5 rings (SSSR count). The van der Waals surface area contributed by atoms with E-state index in [0.29, 0.717) is 42.1 Å². The summed E-state index contributed by atoms with van der Waals surface area (Å²) in [6, 6.07) is 14.3. The van der Waals surface area contributed by atoms with E-state index in [1.807, 2.05) is 18.2 Å². The van der Waals surface area contributed by atoms with E-state index in [4.69, 9.17) is 16.3 Å². The Bertz CT molecular complexity index is 1530. The molecule has 10 nitrogen and oxygen atoms in total. The van der Waals surface area contributed by atoms with Crippen molar-refractivity contribution in [2.75, 3.05) is 13.1 Å². The Labute approximate surface area is 233 Å². The number of hydrazine groups is 1. The minimum atomic E-state index is -1.07. The number of aromatic amines is 1. The number of halogens is 1. The number of amides is 3. The van der Waals surface area contributed by atoms with Crippen LogP contribution in [0.25, 0.3) is 10.9 Å². The lowest BCUT2D eigenvalue weighted by atomic mass is 9.96. The number of thiazole rings is 1. The highest BCUT2D eigenvalue weighted by molar-refractivity contribution is 7.09. The number of hydrogen-bond donors (Lipinski definition) is 3. The number of carbonyl (C=O) groups excluding carboxylic acids is 3. The molecule has 3 heterocycles. The molecule has 3 N–H and O–H groups in total. The molecule has 0 atom stereocenters. The first-order valence-electron chi connectivity index (χ1n) is 12.4. The SMILES string of the molecule is CC(C)(Oc1ccccc1Cl)C(=O)N1CCC(c2nc(C(=O)NNC(=O)c3n[nH]c4ccccc34)cs2)CC1. The van der Waals surface area contributed by atoms with Gasteiger partial charge in [0.25, 0.3) is 17.7 Å². The van der Waals surface area contributed by atoms with E-state index in [0.717, 1.165) is 10.5 Å². The molecule has 0 unspecified atom stereocenters. The molecule has 202 valence electrons. The number of nitrogens with one attached hydrogen (secondary N) is 3. The fourth-order valence-electron chi connectivity index (χ4n) is 4.51. The largest absolute Gasteiger partial charge is 0.476 e. The summed E-state index contributed by atoms with van der Waals surface area (Å²) in [5.74, 6) is -0.569. The molecule has 0 aliphatic carbocycles. The van der Waals surface area contributed by atoms with Gasteiger partial charge in [0, 0.05) is 29.8 Å². The lowest BCUT2D eigenvalue weighted by molar-refractivity contribution is -0.146. The second kappa shape index (κ2) is 11.0. The van der Waals surface area contributed by atoms with Crippen LogP contribution in [0.5, 0.6) is 5.75 Å². The number of H-pyrrole nitrogens is 1. The highest BCUT2D eigenvalue weighted by atomic mass is 35.5. The van der Waals surface area contributed by atoms with E-state index >= 15 is 0 Å². The van der Waals surface area contributed by atoms with Crippen LogP contribution in [0.1, 0.15) is 58.6 Å². The minimum absolute atomic E-state index is 0.111. The summed E-state index contributed by atoms with van der Waals surface area (Å²) in [5, 5.41) is 10.4. The first-order valence-corrected chi connectivity index (χ1v) is 13.7. The fourth-order valence-corrected chi connectivity index (χ4v) is 5.65. The van der Waals surface area contributed by atoms with Gasteiger partial charge in [0.15, 0.2) is 11.3 Å². The second-order valence-corrected chi connectivity index (χ2v) is 11.0. The number of benzene rings is 2. The number of nitrogens with zero attached hydrogens (tertiary/aromatic N) is 3. The molecule has 1 fully saturated rings. The van der Waals surface area contributed by atoms with Gasteiger partial charge in [-0.3, -0.25) is 30.3 Å². The number of hydrogen-bond acceptors (Lipinski definition) is 7. The third-order valence-corrected chi connectivity index (χ3v) is 7.90. The van der Waals surface area contributed by atoms with Crippen molar-refractivity contribution in [1.29, 1.82) is 0 Å². The molecule has 3 amide bonds. The van der Waals surface area contributed by atoms with Gasteiger partial charge in [0.1, 0.15) is 11.4 Å². The van der Waals surface area contributed by atoms with Gasteiger partial charge in [0.2, 0.25) is 0 Å². The van der Waals surface area contributed by atoms with Crippen molar-refractivity contribution in [1.82, 2.24) is 30.9 Å². The van der Waals surface area contributed by atoms with Gasteiger partial charge < -0.3 is 9.64 Å². The van der Waals surface area contributed by atoms with Gasteiger partial charge in [-0.25, -0.2) is 4.98 Å². The molecule has 0 bridgehead atoms. The van der Waals surface area contributed by atoms with Crippen LogP contribution in [0.3, 0.4) is 0 Å². The zero-order valence-electron chi connectivity index (χ0n) is 21.4. The highest BCUT2D eigenvalue weighted by Gasteiger charge is 2.37. The van der Waals surface area contributed by atoms with Crippen molar-refractivity contribution in [3.8, 4) is 5.75 Å². The van der Waals surface area contributed by atoms with E-state index in [1.54, 1.807) is 54.5 Å². The molecule has 1 aliphatic rings. The number of piperidine rings is 1. The molecule has 12 heteroatoms. The molecule has 0 spiro atoms. The van der Waals surface area contributed by atoms with Crippen LogP contribution in [-0.2, 0) is 4.79 Å². The van der Waals surface area contributed by atoms with Gasteiger partial charge in [-0.1, -0.05) is 41.9 Å². The maximum atomic E-state index is 13.2. The first kappa shape index (κ1) is 26.6. The topological polar surface area (TPSA) is 129 Å². The predicted molar refractivity (Wildman–Crippen MR) is 148 cm³/mol. The Morgan fingerprint density at radius 2 is 1.74 bits per heavy atom. The maximum absolute atomic E-state index is 13.2. The van der Waals surface area contributed by atoms with Crippen molar-refractivity contribution < 1.29 is 19.1 Å². The van der Waals surface area contributed by atoms with Crippen LogP contribution in [0.2, 0.25) is 5.02 Å². The summed E-state index contributed by atoms with van der Waals surface area (Å²) in [5.41, 5.74) is 4.86. The molecule has 0 saturated carbocycles. The zero-order chi connectivity index (χ0) is 27.6. The van der Waals surface area contributed by atoms with Gasteiger partial charge >= 0.3 is 0 Å². The second-order valence-electron chi connectivity index (χ2n) is 9.71. The summed E-state index contributed by atoms with van der Waals surface area (Å²) in [6.07, 6.45) is 1.43. The van der Waals surface area contributed by atoms with E-state index in [-0.39, 0.29) is 23.2 Å². The summed E-state index contributed by atoms with van der Waals surface area (Å²) >= 11 is 7.59. The van der Waals surface area contributed by atoms with E-state index in [1.165, 1.54) is 11.3 Å². The monoisotopic (exact) mass is 566 g/mol. The lowest BCUT2D eigenvalue weighted by Gasteiger charge is -2.36. The summed E-state index contributed by atoms with van der Waals surface area (Å²) in [7, 11) is 0. The standard InChI is InChI=1S/C27H27ClN6O4S/c1-27(2,38-21-10-6-4-8-18(21)28)26(37)34-13-11-16(12-14-34)25-29-20(15-39-25)23(35)32-33-24(36)22-17-7-3-5-9-19(17)30-31-22/h3-10,15-16H,11-14H2,1-2H3,(H,30,31)(H,32,35)(H,33,36). The Kier molecular flexibility index (Phi) is 7.53. The first-order chi connectivity index (χ1) is 18.7. The number of para-hydroxylation sites is 2. The predicted octanol–water partition coefficient (Wildman–Crippen LogP) is 4.31. The third-order valence-electron chi connectivity index (χ3n) is 6.58. The molecule has 0 radical (unpaired) electrons. The Hall–Kier alpha value is -3.96. The molecular formula is C27H27ClN6O4S. The van der Waals surface area contributed by atoms with Gasteiger partial charge in [-0.2, -0.15) is 5.10 Å². The number of likely N-dealkylation sites (tertiary alicyclic amines) is 1. The fraction of sp³-hybridized carbons (Fsp3) is 0.296. The van der Waals surface area contributed by atoms with Crippen molar-refractivity contribution in [2.24, 2.45) is 0 Å². The average molecular weight is 567 g/mol. The maximum Gasteiger partial charge on any atom is 0.290 e. The number of ether oxygens (including phenoxy) is 1. The average Bonchev–Trinajstić information content (AvgIpc) is 3.61. The van der Waals surface area contributed by atoms with Gasteiger partial charge in [-0.15, -0.1) is 11.3 Å². The molecule has 4 aromatic rings. The molecule has 2 aromatic heterocycles. The van der Waals surface area contributed by atoms with Crippen molar-refractivity contribution in [3.63, 3.8) is 0 Å². The quantitative estimate of drug-likeness (QED) is 0.298. The third kappa shape index (κ3) is 5.74. The Morgan fingerprint density at radius 1 is 1.05 bits per heavy atom. The molecule has 1 saturated heterocycles. The van der Waals surface area contributed by atoms with E-state index in [2.05, 4.69) is 26.0 Å². The van der Waals surface area contributed by atoms with Crippen LogP contribution in [0, 0.1) is 0 Å². The van der Waals surface area contributed by atoms with E-state index in [9.17, 15) is 14.4 Å². The number of rotatable bonds is 6. The lowest BCUT2D eigenvalue weighted by Crippen LogP contribution is -2.51. The molecule has 1 aliphatic heterocycles. The van der Waals surface area contributed by atoms with Gasteiger partial charge in [-0.05, 0) is 44.9 Å². The normalized spacial score (nSPS) is 14.3. The van der Waals surface area contributed by atoms with E-state index < -0.39 is 17.4 Å². The number of fused-ring (bicyclic) bond motifs is 1.